The Labute approximate surface area is 214 Å². The molecule has 1 amide bonds. The molecule has 0 aliphatic carbocycles. The van der Waals surface area contributed by atoms with Gasteiger partial charge in [0.05, 0.1) is 7.11 Å². The minimum absolute atomic E-state index is 0.00618. The van der Waals surface area contributed by atoms with Gasteiger partial charge in [0.15, 0.2) is 0 Å². The van der Waals surface area contributed by atoms with Crippen LogP contribution in [0.5, 0.6) is 17.2 Å². The van der Waals surface area contributed by atoms with Crippen LogP contribution >= 0.6 is 0 Å². The maximum atomic E-state index is 12.4. The van der Waals surface area contributed by atoms with Crippen LogP contribution in [-0.4, -0.2) is 42.3 Å². The van der Waals surface area contributed by atoms with Crippen molar-refractivity contribution in [3.05, 3.63) is 95.8 Å². The Hall–Kier alpha value is -4.59. The van der Waals surface area contributed by atoms with Gasteiger partial charge in [-0.3, -0.25) is 14.6 Å². The van der Waals surface area contributed by atoms with Crippen molar-refractivity contribution in [1.82, 2.24) is 10.3 Å². The van der Waals surface area contributed by atoms with Gasteiger partial charge >= 0.3 is 5.97 Å². The first-order chi connectivity index (χ1) is 18.0. The zero-order valence-electron chi connectivity index (χ0n) is 20.5. The Bertz CT molecular complexity index is 1370. The molecular weight excluding hydrogens is 472 g/mol. The van der Waals surface area contributed by atoms with E-state index in [-0.39, 0.29) is 18.9 Å². The summed E-state index contributed by atoms with van der Waals surface area (Å²) in [7, 11) is 1.64. The van der Waals surface area contributed by atoms with Gasteiger partial charge in [-0.1, -0.05) is 24.3 Å². The van der Waals surface area contributed by atoms with Gasteiger partial charge in [0, 0.05) is 19.2 Å². The van der Waals surface area contributed by atoms with E-state index in [0.717, 1.165) is 33.4 Å². The van der Waals surface area contributed by atoms with E-state index in [2.05, 4.69) is 10.3 Å². The molecule has 0 saturated carbocycles. The topological polar surface area (TPSA) is 107 Å². The average Bonchev–Trinajstić information content (AvgIpc) is 2.93. The van der Waals surface area contributed by atoms with Crippen LogP contribution in [-0.2, 0) is 17.8 Å². The Morgan fingerprint density at radius 3 is 2.19 bits per heavy atom. The van der Waals surface area contributed by atoms with Crippen molar-refractivity contribution in [2.75, 3.05) is 20.3 Å². The second kappa shape index (κ2) is 12.4. The molecule has 4 aromatic rings. The van der Waals surface area contributed by atoms with Crippen molar-refractivity contribution in [2.45, 2.75) is 19.4 Å². The molecule has 1 heterocycles. The van der Waals surface area contributed by atoms with Crippen molar-refractivity contribution < 1.29 is 28.9 Å². The van der Waals surface area contributed by atoms with E-state index < -0.39 is 5.97 Å². The average molecular weight is 501 g/mol. The standard InChI is InChI=1S/C29H28N2O6/c1-35-24-9-6-22-17-25(11-7-21(22)16-24)36-14-15-37-26-10-5-20(8-12-28(32)33)23(18-26)19-31-29(34)27-4-2-3-13-30-27/h2-7,9-11,13,16-18H,8,12,14-15,19H2,1H3,(H,31,34)(H,32,33). The number of hydrogen-bond donors (Lipinski definition) is 2. The number of nitrogens with zero attached hydrogens (tertiary/aromatic N) is 1. The van der Waals surface area contributed by atoms with Crippen LogP contribution in [0.2, 0.25) is 0 Å². The second-order valence-electron chi connectivity index (χ2n) is 8.29. The van der Waals surface area contributed by atoms with Crippen molar-refractivity contribution in [3.8, 4) is 17.2 Å². The highest BCUT2D eigenvalue weighted by Gasteiger charge is 2.11. The second-order valence-corrected chi connectivity index (χ2v) is 8.29. The number of carboxylic acids is 1. The molecule has 2 N–H and O–H groups in total. The number of methoxy groups -OCH3 is 1. The summed E-state index contributed by atoms with van der Waals surface area (Å²) in [6.45, 7) is 0.878. The zero-order chi connectivity index (χ0) is 26.0. The lowest BCUT2D eigenvalue weighted by Gasteiger charge is -2.14. The number of aliphatic carboxylic acids is 1. The third-order valence-electron chi connectivity index (χ3n) is 5.76. The van der Waals surface area contributed by atoms with Crippen LogP contribution < -0.4 is 19.5 Å². The number of rotatable bonds is 12. The number of ether oxygens (including phenoxy) is 3. The third kappa shape index (κ3) is 7.20. The highest BCUT2D eigenvalue weighted by Crippen LogP contribution is 2.25. The summed E-state index contributed by atoms with van der Waals surface area (Å²) in [5.74, 6) is 0.963. The number of carboxylic acid groups (broad SMARTS) is 1. The lowest BCUT2D eigenvalue weighted by molar-refractivity contribution is -0.136. The van der Waals surface area contributed by atoms with Gasteiger partial charge in [-0.15, -0.1) is 0 Å². The molecule has 190 valence electrons. The summed E-state index contributed by atoms with van der Waals surface area (Å²) in [6.07, 6.45) is 1.90. The maximum Gasteiger partial charge on any atom is 0.303 e. The van der Waals surface area contributed by atoms with E-state index >= 15 is 0 Å². The Balaban J connectivity index is 1.35. The van der Waals surface area contributed by atoms with E-state index in [1.165, 1.54) is 0 Å². The SMILES string of the molecule is COc1ccc2cc(OCCOc3ccc(CCC(=O)O)c(CNC(=O)c4ccccn4)c3)ccc2c1. The van der Waals surface area contributed by atoms with Gasteiger partial charge in [0.2, 0.25) is 0 Å². The van der Waals surface area contributed by atoms with Crippen molar-refractivity contribution in [2.24, 2.45) is 0 Å². The number of fused-ring (bicyclic) bond motifs is 1. The van der Waals surface area contributed by atoms with Gasteiger partial charge in [0.25, 0.3) is 5.91 Å². The molecule has 8 heteroatoms. The number of carbonyl (C=O) groups excluding carboxylic acids is 1. The molecule has 0 bridgehead atoms. The predicted octanol–water partition coefficient (Wildman–Crippen LogP) is 4.65. The van der Waals surface area contributed by atoms with Crippen molar-refractivity contribution >= 4 is 22.6 Å². The lowest BCUT2D eigenvalue weighted by Crippen LogP contribution is -2.24. The van der Waals surface area contributed by atoms with Crippen LogP contribution in [0.4, 0.5) is 0 Å². The van der Waals surface area contributed by atoms with Crippen LogP contribution in [0.25, 0.3) is 10.8 Å². The molecule has 0 unspecified atom stereocenters. The van der Waals surface area contributed by atoms with E-state index in [4.69, 9.17) is 19.3 Å². The molecule has 0 atom stereocenters. The molecule has 4 rings (SSSR count). The molecule has 0 saturated heterocycles. The van der Waals surface area contributed by atoms with Crippen LogP contribution in [0.15, 0.2) is 79.0 Å². The first-order valence-electron chi connectivity index (χ1n) is 11.9. The number of aromatic nitrogens is 1. The Kier molecular flexibility index (Phi) is 8.54. The van der Waals surface area contributed by atoms with E-state index in [9.17, 15) is 9.59 Å². The number of benzene rings is 3. The molecular formula is C29H28N2O6. The van der Waals surface area contributed by atoms with Gasteiger partial charge in [-0.2, -0.15) is 0 Å². The fraction of sp³-hybridized carbons (Fsp3) is 0.207. The Morgan fingerprint density at radius 2 is 1.51 bits per heavy atom. The minimum atomic E-state index is -0.881. The summed E-state index contributed by atoms with van der Waals surface area (Å²) >= 11 is 0. The summed E-state index contributed by atoms with van der Waals surface area (Å²) < 4.78 is 17.0. The quantitative estimate of drug-likeness (QED) is 0.273. The highest BCUT2D eigenvalue weighted by atomic mass is 16.5. The van der Waals surface area contributed by atoms with Gasteiger partial charge < -0.3 is 24.6 Å². The predicted molar refractivity (Wildman–Crippen MR) is 139 cm³/mol. The highest BCUT2D eigenvalue weighted by molar-refractivity contribution is 5.92. The Morgan fingerprint density at radius 1 is 0.838 bits per heavy atom. The minimum Gasteiger partial charge on any atom is -0.497 e. The zero-order valence-corrected chi connectivity index (χ0v) is 20.5. The first kappa shape index (κ1) is 25.5. The van der Waals surface area contributed by atoms with E-state index in [1.807, 2.05) is 48.5 Å². The van der Waals surface area contributed by atoms with Gasteiger partial charge in [-0.05, 0) is 76.9 Å². The van der Waals surface area contributed by atoms with E-state index in [1.54, 1.807) is 37.6 Å². The fourth-order valence-electron chi connectivity index (χ4n) is 3.84. The van der Waals surface area contributed by atoms with Gasteiger partial charge in [0.1, 0.15) is 36.2 Å². The van der Waals surface area contributed by atoms with Crippen LogP contribution in [0.1, 0.15) is 28.0 Å². The largest absolute Gasteiger partial charge is 0.497 e. The molecule has 0 radical (unpaired) electrons. The van der Waals surface area contributed by atoms with Gasteiger partial charge in [-0.25, -0.2) is 0 Å². The van der Waals surface area contributed by atoms with Crippen molar-refractivity contribution in [3.63, 3.8) is 0 Å². The summed E-state index contributed by atoms with van der Waals surface area (Å²) in [5, 5.41) is 14.0. The number of nitrogens with one attached hydrogen (secondary N) is 1. The van der Waals surface area contributed by atoms with Crippen LogP contribution in [0, 0.1) is 0 Å². The molecule has 37 heavy (non-hydrogen) atoms. The smallest absolute Gasteiger partial charge is 0.303 e. The number of hydrogen-bond acceptors (Lipinski definition) is 6. The lowest BCUT2D eigenvalue weighted by atomic mass is 10.0. The first-order valence-corrected chi connectivity index (χ1v) is 11.9. The number of carbonyl (C=O) groups is 2. The normalized spacial score (nSPS) is 10.6. The number of pyridine rings is 1. The molecule has 0 spiro atoms. The summed E-state index contributed by atoms with van der Waals surface area (Å²) in [5.41, 5.74) is 1.93. The molecule has 3 aromatic carbocycles. The molecule has 0 fully saturated rings. The fourth-order valence-corrected chi connectivity index (χ4v) is 3.84. The summed E-state index contributed by atoms with van der Waals surface area (Å²) in [4.78, 5) is 27.5. The third-order valence-corrected chi connectivity index (χ3v) is 5.76. The monoisotopic (exact) mass is 500 g/mol. The number of amides is 1. The van der Waals surface area contributed by atoms with E-state index in [0.29, 0.717) is 31.1 Å². The van der Waals surface area contributed by atoms with Crippen molar-refractivity contribution in [1.29, 1.82) is 0 Å². The molecule has 8 nitrogen and oxygen atoms in total. The number of aryl methyl sites for hydroxylation is 1. The maximum absolute atomic E-state index is 12.4. The molecule has 1 aromatic heterocycles. The summed E-state index contributed by atoms with van der Waals surface area (Å²) in [6, 6.07) is 22.3. The van der Waals surface area contributed by atoms with Crippen LogP contribution in [0.3, 0.4) is 0 Å². The molecule has 0 aliphatic rings. The molecule has 0 aliphatic heterocycles.